The molecule has 3 heteroatoms. The zero-order chi connectivity index (χ0) is 13.8. The van der Waals surface area contributed by atoms with Crippen molar-refractivity contribution < 1.29 is 0 Å². The van der Waals surface area contributed by atoms with Crippen LogP contribution in [0, 0.1) is 13.8 Å². The van der Waals surface area contributed by atoms with Gasteiger partial charge in [0.2, 0.25) is 0 Å². The summed E-state index contributed by atoms with van der Waals surface area (Å²) in [5, 5.41) is 0.759. The fraction of sp³-hybridized carbons (Fsp3) is 0.250. The summed E-state index contributed by atoms with van der Waals surface area (Å²) in [6, 6.07) is 14.6. The van der Waals surface area contributed by atoms with Crippen LogP contribution in [0.4, 0.5) is 0 Å². The first kappa shape index (κ1) is 14.1. The van der Waals surface area contributed by atoms with Gasteiger partial charge in [0.05, 0.1) is 6.04 Å². The van der Waals surface area contributed by atoms with Crippen molar-refractivity contribution in [1.82, 2.24) is 5.43 Å². The van der Waals surface area contributed by atoms with Crippen molar-refractivity contribution in [2.45, 2.75) is 26.3 Å². The number of hydrazine groups is 1. The van der Waals surface area contributed by atoms with Crippen molar-refractivity contribution in [2.24, 2.45) is 5.84 Å². The molecule has 0 aliphatic heterocycles. The van der Waals surface area contributed by atoms with E-state index in [4.69, 9.17) is 17.4 Å². The number of benzene rings is 2. The first-order valence-corrected chi connectivity index (χ1v) is 6.75. The Morgan fingerprint density at radius 3 is 2.26 bits per heavy atom. The number of nitrogens with one attached hydrogen (secondary N) is 1. The van der Waals surface area contributed by atoms with E-state index in [0.717, 1.165) is 22.6 Å². The summed E-state index contributed by atoms with van der Waals surface area (Å²) in [5.74, 6) is 5.68. The van der Waals surface area contributed by atoms with Gasteiger partial charge in [0.1, 0.15) is 0 Å². The maximum absolute atomic E-state index is 6.30. The zero-order valence-electron chi connectivity index (χ0n) is 11.3. The van der Waals surface area contributed by atoms with E-state index in [1.807, 2.05) is 19.1 Å². The summed E-state index contributed by atoms with van der Waals surface area (Å²) in [7, 11) is 0. The minimum absolute atomic E-state index is 0.0239. The van der Waals surface area contributed by atoms with Crippen LogP contribution in [0.3, 0.4) is 0 Å². The average Bonchev–Trinajstić information content (AvgIpc) is 2.39. The summed E-state index contributed by atoms with van der Waals surface area (Å²) < 4.78 is 0. The highest BCUT2D eigenvalue weighted by atomic mass is 35.5. The van der Waals surface area contributed by atoms with Gasteiger partial charge >= 0.3 is 0 Å². The van der Waals surface area contributed by atoms with Gasteiger partial charge in [-0.1, -0.05) is 53.6 Å². The van der Waals surface area contributed by atoms with Gasteiger partial charge in [0.15, 0.2) is 0 Å². The standard InChI is InChI=1S/C16H19ClN2/c1-11-3-6-13(7-4-11)10-16(19-18)14-8-5-12(2)9-15(14)17/h3-9,16,19H,10,18H2,1-2H3. The molecule has 0 spiro atoms. The monoisotopic (exact) mass is 274 g/mol. The molecule has 0 saturated heterocycles. The van der Waals surface area contributed by atoms with E-state index in [2.05, 4.69) is 42.7 Å². The molecule has 2 aromatic rings. The number of halogens is 1. The Labute approximate surface area is 119 Å². The number of hydrogen-bond donors (Lipinski definition) is 2. The molecule has 0 radical (unpaired) electrons. The van der Waals surface area contributed by atoms with E-state index in [0.29, 0.717) is 0 Å². The van der Waals surface area contributed by atoms with Crippen molar-refractivity contribution in [1.29, 1.82) is 0 Å². The largest absolute Gasteiger partial charge is 0.271 e. The molecular weight excluding hydrogens is 256 g/mol. The molecule has 1 unspecified atom stereocenters. The first-order chi connectivity index (χ1) is 9.10. The second-order valence-electron chi connectivity index (χ2n) is 4.93. The molecule has 19 heavy (non-hydrogen) atoms. The molecule has 1 atom stereocenters. The van der Waals surface area contributed by atoms with Crippen LogP contribution in [0.1, 0.15) is 28.3 Å². The third-order valence-electron chi connectivity index (χ3n) is 3.29. The molecule has 0 saturated carbocycles. The molecule has 2 rings (SSSR count). The Morgan fingerprint density at radius 1 is 1.05 bits per heavy atom. The van der Waals surface area contributed by atoms with Gasteiger partial charge in [-0.25, -0.2) is 0 Å². The molecule has 0 heterocycles. The van der Waals surface area contributed by atoms with Crippen LogP contribution in [0.25, 0.3) is 0 Å². The summed E-state index contributed by atoms with van der Waals surface area (Å²) in [5.41, 5.74) is 7.55. The minimum atomic E-state index is 0.0239. The lowest BCUT2D eigenvalue weighted by molar-refractivity contribution is 0.552. The molecule has 0 aliphatic rings. The summed E-state index contributed by atoms with van der Waals surface area (Å²) in [4.78, 5) is 0. The zero-order valence-corrected chi connectivity index (χ0v) is 12.0. The van der Waals surface area contributed by atoms with Crippen LogP contribution in [0.2, 0.25) is 5.02 Å². The van der Waals surface area contributed by atoms with E-state index in [1.54, 1.807) is 0 Å². The lowest BCUT2D eigenvalue weighted by atomic mass is 9.98. The summed E-state index contributed by atoms with van der Waals surface area (Å²) in [6.07, 6.45) is 0.819. The third-order valence-corrected chi connectivity index (χ3v) is 3.62. The Balaban J connectivity index is 2.22. The molecule has 3 N–H and O–H groups in total. The van der Waals surface area contributed by atoms with Crippen LogP contribution in [-0.2, 0) is 6.42 Å². The molecule has 2 nitrogen and oxygen atoms in total. The van der Waals surface area contributed by atoms with E-state index < -0.39 is 0 Å². The van der Waals surface area contributed by atoms with E-state index >= 15 is 0 Å². The van der Waals surface area contributed by atoms with Crippen LogP contribution < -0.4 is 11.3 Å². The maximum atomic E-state index is 6.30. The van der Waals surface area contributed by atoms with Crippen LogP contribution >= 0.6 is 11.6 Å². The van der Waals surface area contributed by atoms with E-state index in [1.165, 1.54) is 11.1 Å². The highest BCUT2D eigenvalue weighted by molar-refractivity contribution is 6.31. The van der Waals surface area contributed by atoms with Crippen molar-refractivity contribution in [3.63, 3.8) is 0 Å². The fourth-order valence-electron chi connectivity index (χ4n) is 2.13. The fourth-order valence-corrected chi connectivity index (χ4v) is 2.50. The lowest BCUT2D eigenvalue weighted by Crippen LogP contribution is -2.29. The average molecular weight is 275 g/mol. The summed E-state index contributed by atoms with van der Waals surface area (Å²) in [6.45, 7) is 4.11. The van der Waals surface area contributed by atoms with Crippen molar-refractivity contribution in [3.05, 3.63) is 69.7 Å². The topological polar surface area (TPSA) is 38.0 Å². The van der Waals surface area contributed by atoms with Gasteiger partial charge in [0.25, 0.3) is 0 Å². The van der Waals surface area contributed by atoms with Gasteiger partial charge < -0.3 is 0 Å². The maximum Gasteiger partial charge on any atom is 0.0515 e. The van der Waals surface area contributed by atoms with Gasteiger partial charge in [0, 0.05) is 5.02 Å². The number of rotatable bonds is 4. The van der Waals surface area contributed by atoms with Gasteiger partial charge in [-0.2, -0.15) is 0 Å². The molecule has 0 bridgehead atoms. The molecule has 2 aromatic carbocycles. The number of nitrogens with two attached hydrogens (primary N) is 1. The van der Waals surface area contributed by atoms with Gasteiger partial charge in [-0.3, -0.25) is 11.3 Å². The number of hydrogen-bond acceptors (Lipinski definition) is 2. The number of aryl methyl sites for hydroxylation is 2. The van der Waals surface area contributed by atoms with E-state index in [-0.39, 0.29) is 6.04 Å². The van der Waals surface area contributed by atoms with Crippen LogP contribution in [0.15, 0.2) is 42.5 Å². The molecule has 100 valence electrons. The predicted octanol–water partition coefficient (Wildman–Crippen LogP) is 3.70. The van der Waals surface area contributed by atoms with Gasteiger partial charge in [-0.05, 0) is 43.0 Å². The Hall–Kier alpha value is -1.35. The molecule has 0 fully saturated rings. The Kier molecular flexibility index (Phi) is 4.59. The molecular formula is C16H19ClN2. The quantitative estimate of drug-likeness (QED) is 0.659. The smallest absolute Gasteiger partial charge is 0.0515 e. The SMILES string of the molecule is Cc1ccc(CC(NN)c2ccc(C)cc2Cl)cc1. The predicted molar refractivity (Wildman–Crippen MR) is 81.1 cm³/mol. The Morgan fingerprint density at radius 2 is 1.68 bits per heavy atom. The highest BCUT2D eigenvalue weighted by Crippen LogP contribution is 2.26. The third kappa shape index (κ3) is 3.57. The minimum Gasteiger partial charge on any atom is -0.271 e. The van der Waals surface area contributed by atoms with Crippen LogP contribution in [-0.4, -0.2) is 0 Å². The van der Waals surface area contributed by atoms with Crippen molar-refractivity contribution in [3.8, 4) is 0 Å². The second-order valence-corrected chi connectivity index (χ2v) is 5.34. The molecule has 0 amide bonds. The van der Waals surface area contributed by atoms with E-state index in [9.17, 15) is 0 Å². The Bertz CT molecular complexity index is 549. The first-order valence-electron chi connectivity index (χ1n) is 6.38. The van der Waals surface area contributed by atoms with Crippen molar-refractivity contribution in [2.75, 3.05) is 0 Å². The molecule has 0 aliphatic carbocycles. The lowest BCUT2D eigenvalue weighted by Gasteiger charge is -2.18. The summed E-state index contributed by atoms with van der Waals surface area (Å²) >= 11 is 6.30. The van der Waals surface area contributed by atoms with Crippen LogP contribution in [0.5, 0.6) is 0 Å². The normalized spacial score (nSPS) is 12.4. The molecule has 0 aromatic heterocycles. The van der Waals surface area contributed by atoms with Crippen molar-refractivity contribution >= 4 is 11.6 Å². The van der Waals surface area contributed by atoms with Gasteiger partial charge in [-0.15, -0.1) is 0 Å². The highest BCUT2D eigenvalue weighted by Gasteiger charge is 2.13. The second kappa shape index (κ2) is 6.20.